The number of fused-ring (bicyclic) bond motifs is 1. The van der Waals surface area contributed by atoms with Gasteiger partial charge in [-0.05, 0) is 61.6 Å². The van der Waals surface area contributed by atoms with Crippen LogP contribution in [0.3, 0.4) is 0 Å². The molecule has 5 heteroatoms. The molecule has 0 spiro atoms. The zero-order valence-electron chi connectivity index (χ0n) is 15.8. The van der Waals surface area contributed by atoms with Crippen LogP contribution >= 0.6 is 11.6 Å². The van der Waals surface area contributed by atoms with Crippen LogP contribution in [0.15, 0.2) is 42.5 Å². The molecule has 3 aromatic rings. The highest BCUT2D eigenvalue weighted by molar-refractivity contribution is 6.31. The Morgan fingerprint density at radius 1 is 1.15 bits per heavy atom. The van der Waals surface area contributed by atoms with Crippen LogP contribution < -0.4 is 10.1 Å². The lowest BCUT2D eigenvalue weighted by atomic mass is 10.0. The van der Waals surface area contributed by atoms with Crippen molar-refractivity contribution >= 4 is 17.4 Å². The van der Waals surface area contributed by atoms with Crippen LogP contribution in [0, 0.1) is 0 Å². The first-order valence-corrected chi connectivity index (χ1v) is 9.88. The summed E-state index contributed by atoms with van der Waals surface area (Å²) in [6, 6.07) is 14.3. The van der Waals surface area contributed by atoms with Crippen molar-refractivity contribution in [2.24, 2.45) is 0 Å². The number of anilines is 1. The van der Waals surface area contributed by atoms with Gasteiger partial charge in [0.1, 0.15) is 17.3 Å². The van der Waals surface area contributed by atoms with E-state index < -0.39 is 0 Å². The fourth-order valence-electron chi connectivity index (χ4n) is 3.64. The quantitative estimate of drug-likeness (QED) is 0.647. The van der Waals surface area contributed by atoms with Gasteiger partial charge >= 0.3 is 0 Å². The third-order valence-electron chi connectivity index (χ3n) is 5.14. The van der Waals surface area contributed by atoms with Crippen molar-refractivity contribution in [1.82, 2.24) is 9.78 Å². The Bertz CT molecular complexity index is 947. The van der Waals surface area contributed by atoms with E-state index in [0.717, 1.165) is 60.7 Å². The Morgan fingerprint density at radius 2 is 1.96 bits per heavy atom. The van der Waals surface area contributed by atoms with Crippen LogP contribution in [0.1, 0.15) is 30.9 Å². The fraction of sp³-hybridized carbons (Fsp3) is 0.318. The molecule has 1 aliphatic heterocycles. The number of halogens is 1. The van der Waals surface area contributed by atoms with Gasteiger partial charge in [0, 0.05) is 22.7 Å². The molecular formula is C22H24ClN3O. The van der Waals surface area contributed by atoms with Crippen molar-refractivity contribution < 1.29 is 4.74 Å². The van der Waals surface area contributed by atoms with Gasteiger partial charge in [-0.25, -0.2) is 4.68 Å². The Kier molecular flexibility index (Phi) is 5.08. The van der Waals surface area contributed by atoms with Gasteiger partial charge in [0.15, 0.2) is 0 Å². The van der Waals surface area contributed by atoms with Crippen molar-refractivity contribution in [3.8, 4) is 22.7 Å². The number of ether oxygens (including phenoxy) is 1. The van der Waals surface area contributed by atoms with Gasteiger partial charge < -0.3 is 10.1 Å². The molecule has 0 bridgehead atoms. The predicted molar refractivity (Wildman–Crippen MR) is 111 cm³/mol. The highest BCUT2D eigenvalue weighted by Crippen LogP contribution is 2.39. The zero-order valence-corrected chi connectivity index (χ0v) is 16.5. The van der Waals surface area contributed by atoms with E-state index in [0.29, 0.717) is 5.02 Å². The highest BCUT2D eigenvalue weighted by Gasteiger charge is 2.23. The summed E-state index contributed by atoms with van der Waals surface area (Å²) in [7, 11) is 1.68. The molecule has 2 aromatic carbocycles. The number of aryl methyl sites for hydroxylation is 1. The van der Waals surface area contributed by atoms with Crippen LogP contribution in [-0.4, -0.2) is 23.4 Å². The Hall–Kier alpha value is -2.46. The summed E-state index contributed by atoms with van der Waals surface area (Å²) in [6.07, 6.45) is 4.30. The van der Waals surface area contributed by atoms with Gasteiger partial charge in [0.25, 0.3) is 0 Å². The van der Waals surface area contributed by atoms with E-state index in [4.69, 9.17) is 21.4 Å². The molecule has 0 saturated heterocycles. The van der Waals surface area contributed by atoms with Crippen LogP contribution in [0.25, 0.3) is 16.9 Å². The van der Waals surface area contributed by atoms with Crippen LogP contribution in [0.4, 0.5) is 5.82 Å². The van der Waals surface area contributed by atoms with Crippen molar-refractivity contribution in [2.45, 2.75) is 32.6 Å². The summed E-state index contributed by atoms with van der Waals surface area (Å²) in [5.41, 5.74) is 5.49. The highest BCUT2D eigenvalue weighted by atomic mass is 35.5. The Balaban J connectivity index is 1.90. The third kappa shape index (κ3) is 3.42. The molecule has 0 saturated carbocycles. The van der Waals surface area contributed by atoms with E-state index in [1.165, 1.54) is 11.1 Å². The molecule has 4 rings (SSSR count). The first-order chi connectivity index (χ1) is 13.2. The van der Waals surface area contributed by atoms with Crippen molar-refractivity contribution in [3.05, 3.63) is 58.6 Å². The van der Waals surface area contributed by atoms with E-state index >= 15 is 0 Å². The lowest BCUT2D eigenvalue weighted by Gasteiger charge is -2.09. The SMILES string of the molecule is CCc1ccc(-n2nc(-c3cc(Cl)ccc3OC)c3c2NCCCC3)cc1. The zero-order chi connectivity index (χ0) is 18.8. The molecule has 4 nitrogen and oxygen atoms in total. The minimum absolute atomic E-state index is 0.683. The second kappa shape index (κ2) is 7.65. The van der Waals surface area contributed by atoms with Crippen LogP contribution in [-0.2, 0) is 12.8 Å². The number of hydrogen-bond acceptors (Lipinski definition) is 3. The number of nitrogens with zero attached hydrogens (tertiary/aromatic N) is 2. The maximum Gasteiger partial charge on any atom is 0.133 e. The average molecular weight is 382 g/mol. The predicted octanol–water partition coefficient (Wildman–Crippen LogP) is 5.51. The second-order valence-electron chi connectivity index (χ2n) is 6.84. The summed E-state index contributed by atoms with van der Waals surface area (Å²) in [5, 5.41) is 9.27. The molecule has 0 aliphatic carbocycles. The van der Waals surface area contributed by atoms with E-state index in [9.17, 15) is 0 Å². The lowest BCUT2D eigenvalue weighted by Crippen LogP contribution is -2.07. The summed E-state index contributed by atoms with van der Waals surface area (Å²) in [5.74, 6) is 1.87. The molecule has 27 heavy (non-hydrogen) atoms. The van der Waals surface area contributed by atoms with Gasteiger partial charge in [0.2, 0.25) is 0 Å². The number of benzene rings is 2. The topological polar surface area (TPSA) is 39.1 Å². The van der Waals surface area contributed by atoms with Gasteiger partial charge in [0.05, 0.1) is 12.8 Å². The molecule has 0 atom stereocenters. The second-order valence-corrected chi connectivity index (χ2v) is 7.27. The minimum Gasteiger partial charge on any atom is -0.496 e. The van der Waals surface area contributed by atoms with Gasteiger partial charge in [-0.2, -0.15) is 5.10 Å². The standard InChI is InChI=1S/C22H24ClN3O/c1-3-15-7-10-17(11-8-15)26-22-18(6-4-5-13-24-22)21(25-26)19-14-16(23)9-12-20(19)27-2/h7-12,14,24H,3-6,13H2,1-2H3. The van der Waals surface area contributed by atoms with Gasteiger partial charge in [-0.3, -0.25) is 0 Å². The largest absolute Gasteiger partial charge is 0.496 e. The normalized spacial score (nSPS) is 13.6. The van der Waals surface area contributed by atoms with E-state index in [1.54, 1.807) is 7.11 Å². The number of rotatable bonds is 4. The summed E-state index contributed by atoms with van der Waals surface area (Å²) in [6.45, 7) is 3.12. The van der Waals surface area contributed by atoms with Gasteiger partial charge in [-0.15, -0.1) is 0 Å². The Labute approximate surface area is 165 Å². The number of methoxy groups -OCH3 is 1. The molecule has 0 fully saturated rings. The molecule has 0 unspecified atom stereocenters. The van der Waals surface area contributed by atoms with E-state index in [2.05, 4.69) is 36.5 Å². The van der Waals surface area contributed by atoms with Crippen LogP contribution in [0.5, 0.6) is 5.75 Å². The van der Waals surface area contributed by atoms with Crippen molar-refractivity contribution in [3.63, 3.8) is 0 Å². The smallest absolute Gasteiger partial charge is 0.133 e. The van der Waals surface area contributed by atoms with Crippen molar-refractivity contribution in [1.29, 1.82) is 0 Å². The average Bonchev–Trinajstić information content (AvgIpc) is 2.88. The molecule has 2 heterocycles. The van der Waals surface area contributed by atoms with Crippen molar-refractivity contribution in [2.75, 3.05) is 19.0 Å². The maximum atomic E-state index is 6.29. The summed E-state index contributed by atoms with van der Waals surface area (Å²) < 4.78 is 7.62. The van der Waals surface area contributed by atoms with Crippen LogP contribution in [0.2, 0.25) is 5.02 Å². The van der Waals surface area contributed by atoms with Gasteiger partial charge in [-0.1, -0.05) is 30.7 Å². The Morgan fingerprint density at radius 3 is 2.70 bits per heavy atom. The number of nitrogens with one attached hydrogen (secondary N) is 1. The lowest BCUT2D eigenvalue weighted by molar-refractivity contribution is 0.416. The molecule has 140 valence electrons. The summed E-state index contributed by atoms with van der Waals surface area (Å²) >= 11 is 6.29. The third-order valence-corrected chi connectivity index (χ3v) is 5.37. The molecule has 1 N–H and O–H groups in total. The summed E-state index contributed by atoms with van der Waals surface area (Å²) in [4.78, 5) is 0. The first-order valence-electron chi connectivity index (χ1n) is 9.50. The molecule has 1 aliphatic rings. The number of hydrogen-bond donors (Lipinski definition) is 1. The number of aromatic nitrogens is 2. The maximum absolute atomic E-state index is 6.29. The molecule has 0 amide bonds. The van der Waals surface area contributed by atoms with E-state index in [1.807, 2.05) is 22.9 Å². The molecule has 1 aromatic heterocycles. The molecule has 0 radical (unpaired) electrons. The first kappa shape index (κ1) is 17.9. The fourth-order valence-corrected chi connectivity index (χ4v) is 3.82. The monoisotopic (exact) mass is 381 g/mol. The molecular weight excluding hydrogens is 358 g/mol. The van der Waals surface area contributed by atoms with E-state index in [-0.39, 0.29) is 0 Å². The minimum atomic E-state index is 0.683.